The molecule has 30 heavy (non-hydrogen) atoms. The molecule has 1 aromatic heterocycles. The quantitative estimate of drug-likeness (QED) is 0.608. The van der Waals surface area contributed by atoms with Gasteiger partial charge >= 0.3 is 0 Å². The zero-order valence-electron chi connectivity index (χ0n) is 17.1. The van der Waals surface area contributed by atoms with Crippen molar-refractivity contribution in [2.75, 3.05) is 5.32 Å². The van der Waals surface area contributed by atoms with Gasteiger partial charge in [-0.2, -0.15) is 10.2 Å². The van der Waals surface area contributed by atoms with Gasteiger partial charge in [0.25, 0.3) is 0 Å². The normalized spacial score (nSPS) is 21.4. The van der Waals surface area contributed by atoms with E-state index >= 15 is 0 Å². The van der Waals surface area contributed by atoms with E-state index in [9.17, 15) is 18.8 Å². The second-order valence-corrected chi connectivity index (χ2v) is 9.52. The largest absolute Gasteiger partial charge is 0.470 e. The monoisotopic (exact) mass is 431 g/mol. The average molecular weight is 432 g/mol. The second kappa shape index (κ2) is 8.55. The van der Waals surface area contributed by atoms with Crippen molar-refractivity contribution in [3.05, 3.63) is 36.0 Å². The molecule has 9 nitrogen and oxygen atoms in total. The number of aliphatic hydroxyl groups is 1. The van der Waals surface area contributed by atoms with Gasteiger partial charge in [0.2, 0.25) is 21.9 Å². The fourth-order valence-corrected chi connectivity index (χ4v) is 4.51. The van der Waals surface area contributed by atoms with E-state index in [1.807, 2.05) is 6.07 Å². The molecule has 3 rings (SSSR count). The molecule has 2 unspecified atom stereocenters. The number of nitrogens with one attached hydrogen (secondary N) is 2. The molecule has 10 heteroatoms. The Morgan fingerprint density at radius 2 is 2.03 bits per heavy atom. The Hall–Kier alpha value is -2.74. The van der Waals surface area contributed by atoms with E-state index in [1.165, 1.54) is 18.3 Å². The highest BCUT2D eigenvalue weighted by Gasteiger charge is 2.39. The van der Waals surface area contributed by atoms with Crippen LogP contribution in [0.5, 0.6) is 5.88 Å². The van der Waals surface area contributed by atoms with Crippen molar-refractivity contribution in [3.63, 3.8) is 0 Å². The summed E-state index contributed by atoms with van der Waals surface area (Å²) in [6.45, 7) is 5.21. The third-order valence-electron chi connectivity index (χ3n) is 4.78. The first kappa shape index (κ1) is 22.0. The van der Waals surface area contributed by atoms with Crippen LogP contribution in [0.1, 0.15) is 45.6 Å². The van der Waals surface area contributed by atoms with Gasteiger partial charge in [-0.05, 0) is 64.3 Å². The fourth-order valence-electron chi connectivity index (χ4n) is 3.26. The zero-order valence-corrected chi connectivity index (χ0v) is 17.9. The number of rotatable bonds is 7. The first-order valence-electron chi connectivity index (χ1n) is 9.66. The lowest BCUT2D eigenvalue weighted by molar-refractivity contribution is -0.0271. The molecule has 1 aromatic carbocycles. The molecular weight excluding hydrogens is 406 g/mol. The van der Waals surface area contributed by atoms with E-state index in [-0.39, 0.29) is 28.3 Å². The molecule has 1 fully saturated rings. The summed E-state index contributed by atoms with van der Waals surface area (Å²) in [6, 6.07) is 7.93. The molecular formula is C20H25N5O4S. The first-order valence-corrected chi connectivity index (χ1v) is 11.1. The Morgan fingerprint density at radius 3 is 2.60 bits per heavy atom. The number of sulfonamides is 1. The van der Waals surface area contributed by atoms with Crippen molar-refractivity contribution in [3.8, 4) is 11.9 Å². The van der Waals surface area contributed by atoms with Crippen molar-refractivity contribution in [2.24, 2.45) is 0 Å². The van der Waals surface area contributed by atoms with Crippen molar-refractivity contribution in [1.29, 1.82) is 5.26 Å². The van der Waals surface area contributed by atoms with Crippen LogP contribution in [0.3, 0.4) is 0 Å². The summed E-state index contributed by atoms with van der Waals surface area (Å²) in [4.78, 5) is 8.53. The summed E-state index contributed by atoms with van der Waals surface area (Å²) in [6.07, 6.45) is 3.02. The number of benzene rings is 1. The molecule has 0 amide bonds. The van der Waals surface area contributed by atoms with Crippen LogP contribution in [0.25, 0.3) is 0 Å². The van der Waals surface area contributed by atoms with Gasteiger partial charge in [0.1, 0.15) is 17.7 Å². The van der Waals surface area contributed by atoms with E-state index in [0.717, 1.165) is 6.42 Å². The predicted molar refractivity (Wildman–Crippen MR) is 111 cm³/mol. The first-order chi connectivity index (χ1) is 14.1. The van der Waals surface area contributed by atoms with Crippen LogP contribution in [-0.2, 0) is 10.0 Å². The Bertz CT molecular complexity index is 1050. The number of anilines is 2. The van der Waals surface area contributed by atoms with Crippen LogP contribution >= 0.6 is 0 Å². The zero-order chi connectivity index (χ0) is 21.9. The van der Waals surface area contributed by atoms with Gasteiger partial charge in [0.05, 0.1) is 16.7 Å². The predicted octanol–water partition coefficient (Wildman–Crippen LogP) is 2.46. The van der Waals surface area contributed by atoms with Crippen molar-refractivity contribution in [1.82, 2.24) is 14.7 Å². The molecule has 0 saturated heterocycles. The van der Waals surface area contributed by atoms with Crippen molar-refractivity contribution in [2.45, 2.75) is 62.7 Å². The molecule has 1 aliphatic rings. The molecule has 2 aromatic rings. The maximum Gasteiger partial charge on any atom is 0.240 e. The molecule has 0 bridgehead atoms. The van der Waals surface area contributed by atoms with Gasteiger partial charge in [-0.3, -0.25) is 0 Å². The topological polar surface area (TPSA) is 137 Å². The molecule has 3 N–H and O–H groups in total. The third kappa shape index (κ3) is 5.05. The fraction of sp³-hybridized carbons (Fsp3) is 0.450. The third-order valence-corrected chi connectivity index (χ3v) is 6.46. The number of hydrogen-bond acceptors (Lipinski definition) is 8. The molecule has 0 radical (unpaired) electrons. The van der Waals surface area contributed by atoms with E-state index in [0.29, 0.717) is 18.5 Å². The Balaban J connectivity index is 1.78. The van der Waals surface area contributed by atoms with Gasteiger partial charge < -0.3 is 15.2 Å². The minimum atomic E-state index is -3.58. The maximum absolute atomic E-state index is 12.2. The van der Waals surface area contributed by atoms with Gasteiger partial charge in [-0.15, -0.1) is 0 Å². The van der Waals surface area contributed by atoms with Crippen LogP contribution < -0.4 is 14.8 Å². The number of aromatic nitrogens is 2. The highest BCUT2D eigenvalue weighted by atomic mass is 32.2. The smallest absolute Gasteiger partial charge is 0.240 e. The highest BCUT2D eigenvalue weighted by molar-refractivity contribution is 7.89. The second-order valence-electron chi connectivity index (χ2n) is 7.81. The molecule has 1 heterocycles. The number of ether oxygens (including phenoxy) is 1. The van der Waals surface area contributed by atoms with Gasteiger partial charge in [0.15, 0.2) is 0 Å². The van der Waals surface area contributed by atoms with Crippen LogP contribution in [-0.4, -0.2) is 41.2 Å². The minimum absolute atomic E-state index is 0.0995. The van der Waals surface area contributed by atoms with E-state index in [4.69, 9.17) is 4.74 Å². The molecule has 0 aliphatic heterocycles. The summed E-state index contributed by atoms with van der Waals surface area (Å²) in [5, 5.41) is 22.7. The lowest BCUT2D eigenvalue weighted by atomic mass is 10.0. The summed E-state index contributed by atoms with van der Waals surface area (Å²) in [5.74, 6) is 0.292. The lowest BCUT2D eigenvalue weighted by Crippen LogP contribution is -2.38. The maximum atomic E-state index is 12.2. The van der Waals surface area contributed by atoms with Gasteiger partial charge in [-0.25, -0.2) is 18.1 Å². The number of nitrogens with zero attached hydrogens (tertiary/aromatic N) is 3. The Morgan fingerprint density at radius 1 is 1.33 bits per heavy atom. The molecule has 2 atom stereocenters. The standard InChI is InChI=1S/C20H25N5O4S/c1-13(2)25-30(27,28)16-8-6-15(7-9-16)23-19-22-12-14(11-21)18(24-19)29-17-5-4-10-20(17,3)26/h6-9,12-13,17,25-26H,4-5,10H2,1-3H3,(H,22,23,24). The van der Waals surface area contributed by atoms with E-state index in [1.54, 1.807) is 32.9 Å². The Kier molecular flexibility index (Phi) is 6.26. The van der Waals surface area contributed by atoms with Crippen molar-refractivity contribution < 1.29 is 18.3 Å². The molecule has 1 aliphatic carbocycles. The summed E-state index contributed by atoms with van der Waals surface area (Å²) in [7, 11) is -3.58. The molecule has 160 valence electrons. The summed E-state index contributed by atoms with van der Waals surface area (Å²) in [5.41, 5.74) is -0.233. The minimum Gasteiger partial charge on any atom is -0.470 e. The molecule has 1 saturated carbocycles. The number of hydrogen-bond donors (Lipinski definition) is 3. The van der Waals surface area contributed by atoms with E-state index in [2.05, 4.69) is 20.0 Å². The average Bonchev–Trinajstić information content (AvgIpc) is 2.99. The van der Waals surface area contributed by atoms with Gasteiger partial charge in [-0.1, -0.05) is 0 Å². The SMILES string of the molecule is CC(C)NS(=O)(=O)c1ccc(Nc2ncc(C#N)c(OC3CCCC3(C)O)n2)cc1. The lowest BCUT2D eigenvalue weighted by Gasteiger charge is -2.26. The van der Waals surface area contributed by atoms with Crippen LogP contribution in [0.2, 0.25) is 0 Å². The summed E-state index contributed by atoms with van der Waals surface area (Å²) >= 11 is 0. The van der Waals surface area contributed by atoms with Gasteiger partial charge in [0, 0.05) is 11.7 Å². The Labute approximate surface area is 176 Å². The van der Waals surface area contributed by atoms with Crippen LogP contribution in [0.15, 0.2) is 35.4 Å². The number of nitriles is 1. The molecule has 0 spiro atoms. The van der Waals surface area contributed by atoms with Crippen molar-refractivity contribution >= 4 is 21.7 Å². The summed E-state index contributed by atoms with van der Waals surface area (Å²) < 4.78 is 32.8. The van der Waals surface area contributed by atoms with E-state index < -0.39 is 21.7 Å². The van der Waals surface area contributed by atoms with Crippen LogP contribution in [0.4, 0.5) is 11.6 Å². The highest BCUT2D eigenvalue weighted by Crippen LogP contribution is 2.33. The van der Waals surface area contributed by atoms with Crippen LogP contribution in [0, 0.1) is 11.3 Å².